The minimum absolute atomic E-state index is 0. The summed E-state index contributed by atoms with van der Waals surface area (Å²) in [6.45, 7) is 0.879. The van der Waals surface area contributed by atoms with Crippen LogP contribution in [0, 0.1) is 10.1 Å². The third-order valence-corrected chi connectivity index (χ3v) is 7.69. The molecule has 1 saturated heterocycles. The predicted octanol–water partition coefficient (Wildman–Crippen LogP) is -7.66. The first-order chi connectivity index (χ1) is 18.6. The van der Waals surface area contributed by atoms with E-state index < -0.39 is 74.8 Å². The van der Waals surface area contributed by atoms with Crippen LogP contribution in [0.3, 0.4) is 0 Å². The van der Waals surface area contributed by atoms with E-state index in [2.05, 4.69) is 23.8 Å². The zero-order valence-electron chi connectivity index (χ0n) is 22.0. The summed E-state index contributed by atoms with van der Waals surface area (Å²) in [5, 5.41) is 32.6. The van der Waals surface area contributed by atoms with Gasteiger partial charge in [-0.25, -0.2) is 9.29 Å². The number of aliphatic hydroxyl groups is 2. The molecular formula is C18H20N6Na2O14P2. The Bertz CT molecular complexity index is 1600. The molecule has 4 rings (SSSR count). The van der Waals surface area contributed by atoms with Crippen LogP contribution in [0.2, 0.25) is 0 Å². The van der Waals surface area contributed by atoms with Crippen LogP contribution in [0.25, 0.3) is 11.2 Å². The Labute approximate surface area is 278 Å². The third-order valence-electron chi connectivity index (χ3n) is 5.63. The number of rotatable bonds is 10. The molecule has 0 spiro atoms. The van der Waals surface area contributed by atoms with Crippen LogP contribution < -0.4 is 84.7 Å². The van der Waals surface area contributed by atoms with Gasteiger partial charge in [-0.2, -0.15) is 4.98 Å². The van der Waals surface area contributed by atoms with E-state index in [4.69, 9.17) is 20.1 Å². The van der Waals surface area contributed by atoms with Crippen molar-refractivity contribution in [2.75, 3.05) is 12.3 Å². The number of aromatic amines is 1. The molecule has 0 radical (unpaired) electrons. The number of anilines is 1. The van der Waals surface area contributed by atoms with Gasteiger partial charge in [-0.1, -0.05) is 0 Å². The van der Waals surface area contributed by atoms with E-state index in [9.17, 15) is 44.0 Å². The fourth-order valence-corrected chi connectivity index (χ4v) is 5.42. The number of ether oxygens (including phenoxy) is 2. The number of aliphatic hydroxyl groups excluding tert-OH is 2. The van der Waals surface area contributed by atoms with Crippen LogP contribution in [-0.4, -0.2) is 64.5 Å². The van der Waals surface area contributed by atoms with E-state index in [1.54, 1.807) is 0 Å². The Morgan fingerprint density at radius 3 is 2.55 bits per heavy atom. The largest absolute Gasteiger partial charge is 1.00 e. The predicted molar refractivity (Wildman–Crippen MR) is 125 cm³/mol. The minimum Gasteiger partial charge on any atom is -0.756 e. The molecule has 0 bridgehead atoms. The Hall–Kier alpha value is -1.29. The SMILES string of the molecule is CC(OC[C@H]1O[C@@H](n2cnc3c(=O)[nH]c(N)nc32)[C@H](O)[C@@H]1O)c1cc(OP(=O)([O-])OP(=O)([O-])O)ccc1[N+](=O)[O-].[Na+].[Na+]. The van der Waals surface area contributed by atoms with Crippen molar-refractivity contribution < 1.29 is 116 Å². The van der Waals surface area contributed by atoms with Crippen molar-refractivity contribution in [1.82, 2.24) is 19.5 Å². The molecule has 24 heteroatoms. The van der Waals surface area contributed by atoms with E-state index in [-0.39, 0.29) is 81.8 Å². The summed E-state index contributed by atoms with van der Waals surface area (Å²) in [5.41, 5.74) is 4.01. The Kier molecular flexibility index (Phi) is 12.5. The first-order valence-electron chi connectivity index (χ1n) is 11.0. The van der Waals surface area contributed by atoms with Gasteiger partial charge in [0.05, 0.1) is 29.5 Å². The average Bonchev–Trinajstić information content (AvgIpc) is 3.36. The molecule has 0 amide bonds. The molecule has 6 N–H and O–H groups in total. The van der Waals surface area contributed by atoms with Crippen LogP contribution in [-0.2, 0) is 22.9 Å². The minimum atomic E-state index is -5.73. The summed E-state index contributed by atoms with van der Waals surface area (Å²) in [4.78, 5) is 63.9. The number of hydrogen-bond acceptors (Lipinski definition) is 16. The topological polar surface area (TPSA) is 311 Å². The number of benzene rings is 1. The van der Waals surface area contributed by atoms with Crippen LogP contribution in [0.4, 0.5) is 11.6 Å². The number of fused-ring (bicyclic) bond motifs is 1. The second-order valence-corrected chi connectivity index (χ2v) is 11.0. The Morgan fingerprint density at radius 1 is 1.26 bits per heavy atom. The normalized spacial score (nSPS) is 23.7. The Balaban J connectivity index is 0.00000308. The van der Waals surface area contributed by atoms with Gasteiger partial charge >= 0.3 is 66.9 Å². The molecule has 0 saturated carbocycles. The van der Waals surface area contributed by atoms with E-state index in [1.807, 2.05) is 0 Å². The van der Waals surface area contributed by atoms with Crippen molar-refractivity contribution in [3.8, 4) is 5.75 Å². The molecule has 3 aromatic rings. The number of nitro benzene ring substituents is 1. The number of imidazole rings is 1. The molecule has 1 aromatic carbocycles. The molecule has 0 aliphatic carbocycles. The number of nitrogens with one attached hydrogen (secondary N) is 1. The van der Waals surface area contributed by atoms with Crippen molar-refractivity contribution in [3.63, 3.8) is 0 Å². The van der Waals surface area contributed by atoms with E-state index >= 15 is 0 Å². The van der Waals surface area contributed by atoms with Crippen molar-refractivity contribution in [1.29, 1.82) is 0 Å². The van der Waals surface area contributed by atoms with E-state index in [0.717, 1.165) is 24.5 Å². The quantitative estimate of drug-likeness (QED) is 0.0588. The fraction of sp³-hybridized carbons (Fsp3) is 0.389. The van der Waals surface area contributed by atoms with E-state index in [0.29, 0.717) is 0 Å². The number of nitro groups is 1. The molecule has 218 valence electrons. The van der Waals surface area contributed by atoms with Gasteiger partial charge in [0.1, 0.15) is 24.1 Å². The zero-order chi connectivity index (χ0) is 29.6. The molecule has 1 aliphatic heterocycles. The van der Waals surface area contributed by atoms with Gasteiger partial charge in [0.15, 0.2) is 17.4 Å². The molecule has 1 fully saturated rings. The number of phosphoric acid groups is 2. The molecule has 1 aliphatic rings. The summed E-state index contributed by atoms with van der Waals surface area (Å²) in [6.07, 6.45) is -5.61. The van der Waals surface area contributed by atoms with Gasteiger partial charge in [-0.05, 0) is 19.1 Å². The molecule has 20 nitrogen and oxygen atoms in total. The summed E-state index contributed by atoms with van der Waals surface area (Å²) >= 11 is 0. The van der Waals surface area contributed by atoms with Crippen LogP contribution in [0.15, 0.2) is 29.3 Å². The molecule has 2 aromatic heterocycles. The summed E-state index contributed by atoms with van der Waals surface area (Å²) in [7, 11) is -11.4. The van der Waals surface area contributed by atoms with Crippen molar-refractivity contribution in [2.45, 2.75) is 37.6 Å². The monoisotopic (exact) mass is 652 g/mol. The number of nitrogen functional groups attached to an aromatic ring is 1. The smallest absolute Gasteiger partial charge is 0.756 e. The van der Waals surface area contributed by atoms with Gasteiger partial charge in [0.2, 0.25) is 5.95 Å². The second-order valence-electron chi connectivity index (χ2n) is 8.36. The first kappa shape index (κ1) is 36.9. The number of nitrogens with zero attached hydrogens (tertiary/aromatic N) is 4. The molecule has 3 unspecified atom stereocenters. The van der Waals surface area contributed by atoms with Crippen molar-refractivity contribution >= 4 is 38.4 Å². The fourth-order valence-electron chi connectivity index (χ4n) is 3.91. The number of nitrogens with two attached hydrogens (primary N) is 1. The molecule has 3 heterocycles. The van der Waals surface area contributed by atoms with Crippen LogP contribution in [0.1, 0.15) is 24.8 Å². The van der Waals surface area contributed by atoms with Gasteiger partial charge < -0.3 is 44.6 Å². The Morgan fingerprint density at radius 2 is 1.93 bits per heavy atom. The first-order valence-corrected chi connectivity index (χ1v) is 13.9. The third kappa shape index (κ3) is 8.45. The van der Waals surface area contributed by atoms with Crippen LogP contribution in [0.5, 0.6) is 5.75 Å². The second kappa shape index (κ2) is 14.2. The molecular weight excluding hydrogens is 632 g/mol. The van der Waals surface area contributed by atoms with Crippen molar-refractivity contribution in [2.24, 2.45) is 0 Å². The van der Waals surface area contributed by atoms with Gasteiger partial charge in [0, 0.05) is 6.07 Å². The van der Waals surface area contributed by atoms with E-state index in [1.165, 1.54) is 11.5 Å². The molecule has 7 atom stereocenters. The maximum atomic E-state index is 12.0. The van der Waals surface area contributed by atoms with Crippen molar-refractivity contribution in [3.05, 3.63) is 50.6 Å². The zero-order valence-corrected chi connectivity index (χ0v) is 27.8. The summed E-state index contributed by atoms with van der Waals surface area (Å²) in [5.74, 6) is -0.837. The average molecular weight is 652 g/mol. The maximum absolute atomic E-state index is 12.0. The number of hydrogen-bond donors (Lipinski definition) is 5. The number of aromatic nitrogens is 4. The standard InChI is InChI=1S/C18H22N6O14P2.2Na/c1-7(9-4-8(2-3-10(9)24(28)29)37-40(33,34)38-39(30,31)32)35-5-11-13(25)14(26)17(36-11)23-6-20-12-15(23)21-18(19)22-16(12)27;;/h2-4,6-7,11,13-14,17,25-26H,5H2,1H3,(H,33,34)(H2,30,31,32)(H3,19,21,22,27);;/q;2*+1/p-2/t7?,11-,13-,14-,17-;;/m1../s1. The molecule has 42 heavy (non-hydrogen) atoms. The summed E-state index contributed by atoms with van der Waals surface area (Å²) in [6, 6.07) is 2.55. The maximum Gasteiger partial charge on any atom is 1.00 e. The van der Waals surface area contributed by atoms with Gasteiger partial charge in [-0.3, -0.25) is 33.6 Å². The number of H-pyrrole nitrogens is 1. The number of phosphoric ester groups is 1. The summed E-state index contributed by atoms with van der Waals surface area (Å²) < 4.78 is 42.8. The van der Waals surface area contributed by atoms with Gasteiger partial charge in [0.25, 0.3) is 19.1 Å². The van der Waals surface area contributed by atoms with Gasteiger partial charge in [-0.15, -0.1) is 0 Å². The van der Waals surface area contributed by atoms with Crippen LogP contribution >= 0.6 is 15.6 Å².